The van der Waals surface area contributed by atoms with Gasteiger partial charge in [0.15, 0.2) is 9.84 Å². The summed E-state index contributed by atoms with van der Waals surface area (Å²) < 4.78 is 24.0. The minimum atomic E-state index is -3.35. The van der Waals surface area contributed by atoms with Crippen LogP contribution in [0.15, 0.2) is 53.6 Å². The molecule has 0 bridgehead atoms. The van der Waals surface area contributed by atoms with Crippen molar-refractivity contribution in [2.24, 2.45) is 0 Å². The van der Waals surface area contributed by atoms with Crippen LogP contribution < -0.4 is 5.32 Å². The van der Waals surface area contributed by atoms with Gasteiger partial charge in [-0.05, 0) is 18.2 Å². The summed E-state index contributed by atoms with van der Waals surface area (Å²) in [5.41, 5.74) is -0.113. The van der Waals surface area contributed by atoms with Gasteiger partial charge in [-0.1, -0.05) is 18.2 Å². The van der Waals surface area contributed by atoms with Crippen LogP contribution >= 0.6 is 0 Å². The summed E-state index contributed by atoms with van der Waals surface area (Å²) in [6, 6.07) is 10.9. The standard InChI is InChI=1S/C13H13N3O4S/c17-16(18)11-6-7-13(15-10-11)14-8-9-21(19,20)12-4-2-1-3-5-12/h1-7,10H,8-9H2,(H,14,15). The molecule has 0 saturated heterocycles. The second kappa shape index (κ2) is 6.31. The highest BCUT2D eigenvalue weighted by Crippen LogP contribution is 2.13. The predicted molar refractivity (Wildman–Crippen MR) is 77.9 cm³/mol. The summed E-state index contributed by atoms with van der Waals surface area (Å²) in [6.45, 7) is 0.169. The molecule has 0 aliphatic carbocycles. The van der Waals surface area contributed by atoms with Gasteiger partial charge >= 0.3 is 0 Å². The van der Waals surface area contributed by atoms with Crippen LogP contribution in [0.5, 0.6) is 0 Å². The third kappa shape index (κ3) is 3.99. The van der Waals surface area contributed by atoms with Crippen molar-refractivity contribution in [1.82, 2.24) is 4.98 Å². The van der Waals surface area contributed by atoms with E-state index in [4.69, 9.17) is 0 Å². The van der Waals surface area contributed by atoms with Crippen LogP contribution in [0.2, 0.25) is 0 Å². The molecule has 0 radical (unpaired) electrons. The number of hydrogen-bond acceptors (Lipinski definition) is 6. The molecule has 0 spiro atoms. The van der Waals surface area contributed by atoms with E-state index < -0.39 is 14.8 Å². The summed E-state index contributed by atoms with van der Waals surface area (Å²) in [4.78, 5) is 14.0. The summed E-state index contributed by atoms with van der Waals surface area (Å²) in [7, 11) is -3.35. The number of nitrogens with zero attached hydrogens (tertiary/aromatic N) is 2. The first-order chi connectivity index (χ1) is 9.99. The molecular weight excluding hydrogens is 294 g/mol. The number of nitrogens with one attached hydrogen (secondary N) is 1. The second-order valence-electron chi connectivity index (χ2n) is 4.22. The zero-order valence-electron chi connectivity index (χ0n) is 11.0. The van der Waals surface area contributed by atoms with Crippen molar-refractivity contribution in [3.05, 3.63) is 58.8 Å². The molecule has 0 saturated carbocycles. The van der Waals surface area contributed by atoms with E-state index in [1.807, 2.05) is 0 Å². The molecule has 1 aromatic heterocycles. The van der Waals surface area contributed by atoms with Crippen molar-refractivity contribution >= 4 is 21.3 Å². The highest BCUT2D eigenvalue weighted by molar-refractivity contribution is 7.91. The molecule has 0 fully saturated rings. The van der Waals surface area contributed by atoms with Crippen molar-refractivity contribution in [2.75, 3.05) is 17.6 Å². The lowest BCUT2D eigenvalue weighted by atomic mass is 10.4. The first-order valence-corrected chi connectivity index (χ1v) is 7.76. The number of benzene rings is 1. The number of aromatic nitrogens is 1. The fraction of sp³-hybridized carbons (Fsp3) is 0.154. The normalized spacial score (nSPS) is 11.0. The van der Waals surface area contributed by atoms with E-state index in [1.54, 1.807) is 30.3 Å². The molecule has 2 aromatic rings. The summed E-state index contributed by atoms with van der Waals surface area (Å²) in [6.07, 6.45) is 1.12. The Labute approximate surface area is 121 Å². The molecule has 1 N–H and O–H groups in total. The first-order valence-electron chi connectivity index (χ1n) is 6.11. The molecule has 0 aliphatic heterocycles. The Bertz CT molecular complexity index is 715. The topological polar surface area (TPSA) is 102 Å². The van der Waals surface area contributed by atoms with Gasteiger partial charge in [-0.25, -0.2) is 13.4 Å². The van der Waals surface area contributed by atoms with Crippen LogP contribution in [0.4, 0.5) is 11.5 Å². The van der Waals surface area contributed by atoms with E-state index >= 15 is 0 Å². The van der Waals surface area contributed by atoms with Crippen LogP contribution in [0.1, 0.15) is 0 Å². The van der Waals surface area contributed by atoms with Gasteiger partial charge in [0.25, 0.3) is 5.69 Å². The number of anilines is 1. The van der Waals surface area contributed by atoms with Gasteiger partial charge in [-0.3, -0.25) is 10.1 Å². The SMILES string of the molecule is O=[N+]([O-])c1ccc(NCCS(=O)(=O)c2ccccc2)nc1. The number of rotatable bonds is 6. The molecule has 7 nitrogen and oxygen atoms in total. The maximum atomic E-state index is 12.0. The van der Waals surface area contributed by atoms with Gasteiger partial charge in [-0.15, -0.1) is 0 Å². The predicted octanol–water partition coefficient (Wildman–Crippen LogP) is 1.88. The lowest BCUT2D eigenvalue weighted by molar-refractivity contribution is -0.385. The van der Waals surface area contributed by atoms with Crippen molar-refractivity contribution < 1.29 is 13.3 Å². The van der Waals surface area contributed by atoms with Gasteiger partial charge in [0.05, 0.1) is 15.6 Å². The Morgan fingerprint density at radius 1 is 1.14 bits per heavy atom. The zero-order valence-corrected chi connectivity index (χ0v) is 11.8. The maximum Gasteiger partial charge on any atom is 0.287 e. The first kappa shape index (κ1) is 14.9. The van der Waals surface area contributed by atoms with Gasteiger partial charge in [-0.2, -0.15) is 0 Å². The fourth-order valence-electron chi connectivity index (χ4n) is 1.66. The molecule has 1 aromatic carbocycles. The molecule has 8 heteroatoms. The minimum absolute atomic E-state index is 0.0876. The number of nitro groups is 1. The van der Waals surface area contributed by atoms with E-state index in [9.17, 15) is 18.5 Å². The van der Waals surface area contributed by atoms with Crippen molar-refractivity contribution in [1.29, 1.82) is 0 Å². The Balaban J connectivity index is 1.94. The van der Waals surface area contributed by atoms with Crippen molar-refractivity contribution in [3.63, 3.8) is 0 Å². The van der Waals surface area contributed by atoms with E-state index in [1.165, 1.54) is 12.1 Å². The maximum absolute atomic E-state index is 12.0. The van der Waals surface area contributed by atoms with Crippen LogP contribution in [0, 0.1) is 10.1 Å². The third-order valence-electron chi connectivity index (χ3n) is 2.74. The molecule has 0 amide bonds. The van der Waals surface area contributed by atoms with E-state index in [-0.39, 0.29) is 22.9 Å². The lowest BCUT2D eigenvalue weighted by Gasteiger charge is -2.06. The van der Waals surface area contributed by atoms with E-state index in [0.717, 1.165) is 6.20 Å². The highest BCUT2D eigenvalue weighted by atomic mass is 32.2. The Morgan fingerprint density at radius 3 is 2.43 bits per heavy atom. The Kier molecular flexibility index (Phi) is 4.49. The summed E-state index contributed by atoms with van der Waals surface area (Å²) in [5, 5.41) is 13.3. The molecule has 21 heavy (non-hydrogen) atoms. The molecule has 0 unspecified atom stereocenters. The minimum Gasteiger partial charge on any atom is -0.369 e. The van der Waals surface area contributed by atoms with E-state index in [0.29, 0.717) is 5.82 Å². The van der Waals surface area contributed by atoms with Crippen LogP contribution in [0.3, 0.4) is 0 Å². The van der Waals surface area contributed by atoms with Gasteiger partial charge in [0.2, 0.25) is 0 Å². The average Bonchev–Trinajstić information content (AvgIpc) is 2.48. The molecule has 2 rings (SSSR count). The van der Waals surface area contributed by atoms with Crippen LogP contribution in [-0.4, -0.2) is 30.6 Å². The van der Waals surface area contributed by atoms with Crippen LogP contribution in [0.25, 0.3) is 0 Å². The average molecular weight is 307 g/mol. The smallest absolute Gasteiger partial charge is 0.287 e. The van der Waals surface area contributed by atoms with Gasteiger partial charge < -0.3 is 5.32 Å². The summed E-state index contributed by atoms with van der Waals surface area (Å²) in [5.74, 6) is 0.305. The third-order valence-corrected chi connectivity index (χ3v) is 4.47. The fourth-order valence-corrected chi connectivity index (χ4v) is 2.84. The second-order valence-corrected chi connectivity index (χ2v) is 6.33. The lowest BCUT2D eigenvalue weighted by Crippen LogP contribution is -2.16. The summed E-state index contributed by atoms with van der Waals surface area (Å²) >= 11 is 0. The Morgan fingerprint density at radius 2 is 1.86 bits per heavy atom. The monoisotopic (exact) mass is 307 g/mol. The Hall–Kier alpha value is -2.48. The zero-order chi connectivity index (χ0) is 15.3. The largest absolute Gasteiger partial charge is 0.369 e. The quantitative estimate of drug-likeness (QED) is 0.645. The van der Waals surface area contributed by atoms with Crippen molar-refractivity contribution in [2.45, 2.75) is 4.90 Å². The molecule has 1 heterocycles. The number of sulfone groups is 1. The van der Waals surface area contributed by atoms with Gasteiger partial charge in [0.1, 0.15) is 12.0 Å². The molecule has 0 atom stereocenters. The van der Waals surface area contributed by atoms with Crippen LogP contribution in [-0.2, 0) is 9.84 Å². The van der Waals surface area contributed by atoms with E-state index in [2.05, 4.69) is 10.3 Å². The number of pyridine rings is 1. The molecule has 0 aliphatic rings. The van der Waals surface area contributed by atoms with Crippen molar-refractivity contribution in [3.8, 4) is 0 Å². The molecular formula is C13H13N3O4S. The molecule has 110 valence electrons. The number of hydrogen-bond donors (Lipinski definition) is 1. The van der Waals surface area contributed by atoms with Gasteiger partial charge in [0, 0.05) is 12.6 Å². The highest BCUT2D eigenvalue weighted by Gasteiger charge is 2.13.